The van der Waals surface area contributed by atoms with Gasteiger partial charge in [-0.3, -0.25) is 0 Å². The van der Waals surface area contributed by atoms with Crippen molar-refractivity contribution in [1.29, 1.82) is 0 Å². The van der Waals surface area contributed by atoms with Gasteiger partial charge in [-0.05, 0) is 22.0 Å². The summed E-state index contributed by atoms with van der Waals surface area (Å²) in [4.78, 5) is 0. The van der Waals surface area contributed by atoms with Crippen molar-refractivity contribution in [2.75, 3.05) is 5.32 Å². The maximum absolute atomic E-state index is 5.81. The minimum atomic E-state index is -0.0672. The van der Waals surface area contributed by atoms with Crippen LogP contribution in [-0.4, -0.2) is 0 Å². The van der Waals surface area contributed by atoms with E-state index in [4.69, 9.17) is 4.74 Å². The second kappa shape index (κ2) is 4.51. The van der Waals surface area contributed by atoms with Gasteiger partial charge in [0.05, 0.1) is 12.3 Å². The molecule has 2 nitrogen and oxygen atoms in total. The van der Waals surface area contributed by atoms with E-state index in [0.29, 0.717) is 6.61 Å². The molecular formula is C14H12BrNO. The highest BCUT2D eigenvalue weighted by Crippen LogP contribution is 2.35. The number of hydrogen-bond acceptors (Lipinski definition) is 2. The summed E-state index contributed by atoms with van der Waals surface area (Å²) < 4.78 is 6.90. The molecule has 0 saturated carbocycles. The van der Waals surface area contributed by atoms with Gasteiger partial charge < -0.3 is 10.1 Å². The minimum Gasteiger partial charge on any atom is -0.355 e. The summed E-state index contributed by atoms with van der Waals surface area (Å²) in [6.07, 6.45) is -0.0672. The van der Waals surface area contributed by atoms with Gasteiger partial charge in [-0.15, -0.1) is 0 Å². The zero-order valence-corrected chi connectivity index (χ0v) is 10.8. The van der Waals surface area contributed by atoms with E-state index in [-0.39, 0.29) is 6.23 Å². The monoisotopic (exact) mass is 289 g/mol. The van der Waals surface area contributed by atoms with E-state index in [9.17, 15) is 0 Å². The fourth-order valence-corrected chi connectivity index (χ4v) is 2.53. The third-order valence-corrected chi connectivity index (χ3v) is 3.54. The topological polar surface area (TPSA) is 21.3 Å². The number of ether oxygens (including phenoxy) is 1. The lowest BCUT2D eigenvalue weighted by molar-refractivity contribution is 0.0506. The number of fused-ring (bicyclic) bond motifs is 1. The van der Waals surface area contributed by atoms with E-state index >= 15 is 0 Å². The first-order valence-corrected chi connectivity index (χ1v) is 6.34. The molecule has 0 aliphatic carbocycles. The van der Waals surface area contributed by atoms with Crippen molar-refractivity contribution in [1.82, 2.24) is 0 Å². The van der Waals surface area contributed by atoms with Crippen molar-refractivity contribution in [3.8, 4) is 0 Å². The number of para-hydroxylation sites is 1. The Kier molecular flexibility index (Phi) is 2.87. The Bertz CT molecular complexity index is 527. The Morgan fingerprint density at radius 3 is 2.71 bits per heavy atom. The highest BCUT2D eigenvalue weighted by atomic mass is 79.9. The molecule has 1 aliphatic rings. The van der Waals surface area contributed by atoms with Gasteiger partial charge in [0, 0.05) is 15.6 Å². The first-order valence-electron chi connectivity index (χ1n) is 5.55. The Labute approximate surface area is 109 Å². The van der Waals surface area contributed by atoms with Crippen LogP contribution in [0.3, 0.4) is 0 Å². The van der Waals surface area contributed by atoms with Gasteiger partial charge in [-0.25, -0.2) is 0 Å². The van der Waals surface area contributed by atoms with Gasteiger partial charge in [0.25, 0.3) is 0 Å². The first-order chi connectivity index (χ1) is 8.34. The van der Waals surface area contributed by atoms with E-state index in [2.05, 4.69) is 39.4 Å². The molecule has 1 aliphatic heterocycles. The summed E-state index contributed by atoms with van der Waals surface area (Å²) >= 11 is 3.56. The molecule has 0 bridgehead atoms. The highest BCUT2D eigenvalue weighted by molar-refractivity contribution is 9.10. The van der Waals surface area contributed by atoms with Gasteiger partial charge in [0.2, 0.25) is 0 Å². The van der Waals surface area contributed by atoms with Crippen LogP contribution in [0.4, 0.5) is 5.69 Å². The van der Waals surface area contributed by atoms with Crippen molar-refractivity contribution in [2.24, 2.45) is 0 Å². The summed E-state index contributed by atoms with van der Waals surface area (Å²) in [7, 11) is 0. The zero-order chi connectivity index (χ0) is 11.7. The van der Waals surface area contributed by atoms with Crippen molar-refractivity contribution in [3.63, 3.8) is 0 Å². The van der Waals surface area contributed by atoms with Gasteiger partial charge in [-0.2, -0.15) is 0 Å². The number of halogens is 1. The van der Waals surface area contributed by atoms with Crippen LogP contribution in [0.1, 0.15) is 17.4 Å². The van der Waals surface area contributed by atoms with Crippen LogP contribution in [0.5, 0.6) is 0 Å². The highest BCUT2D eigenvalue weighted by Gasteiger charge is 2.20. The SMILES string of the molecule is Brc1cccc2c1NC(c1ccccc1)OC2. The van der Waals surface area contributed by atoms with Crippen molar-refractivity contribution in [3.05, 3.63) is 64.1 Å². The van der Waals surface area contributed by atoms with E-state index < -0.39 is 0 Å². The molecule has 1 heterocycles. The zero-order valence-electron chi connectivity index (χ0n) is 9.19. The van der Waals surface area contributed by atoms with Crippen LogP contribution >= 0.6 is 15.9 Å². The summed E-state index contributed by atoms with van der Waals surface area (Å²) in [6, 6.07) is 16.3. The maximum Gasteiger partial charge on any atom is 0.154 e. The van der Waals surface area contributed by atoms with E-state index in [0.717, 1.165) is 15.7 Å². The van der Waals surface area contributed by atoms with Crippen LogP contribution in [0, 0.1) is 0 Å². The predicted octanol–water partition coefficient (Wildman–Crippen LogP) is 4.09. The number of anilines is 1. The molecule has 0 radical (unpaired) electrons. The van der Waals surface area contributed by atoms with Crippen molar-refractivity contribution < 1.29 is 4.74 Å². The molecule has 0 spiro atoms. The lowest BCUT2D eigenvalue weighted by Gasteiger charge is -2.28. The van der Waals surface area contributed by atoms with Crippen LogP contribution in [0.2, 0.25) is 0 Å². The number of nitrogens with one attached hydrogen (secondary N) is 1. The smallest absolute Gasteiger partial charge is 0.154 e. The van der Waals surface area contributed by atoms with Crippen LogP contribution in [0.15, 0.2) is 53.0 Å². The second-order valence-corrected chi connectivity index (χ2v) is 4.87. The van der Waals surface area contributed by atoms with E-state index in [1.165, 1.54) is 5.56 Å². The van der Waals surface area contributed by atoms with Gasteiger partial charge in [0.1, 0.15) is 0 Å². The molecule has 2 aromatic carbocycles. The molecule has 0 saturated heterocycles. The fourth-order valence-electron chi connectivity index (χ4n) is 2.00. The molecule has 0 fully saturated rings. The van der Waals surface area contributed by atoms with Gasteiger partial charge in [0.15, 0.2) is 6.23 Å². The average Bonchev–Trinajstić information content (AvgIpc) is 2.40. The molecule has 86 valence electrons. The molecule has 17 heavy (non-hydrogen) atoms. The van der Waals surface area contributed by atoms with Crippen molar-refractivity contribution >= 4 is 21.6 Å². The molecule has 3 rings (SSSR count). The third-order valence-electron chi connectivity index (χ3n) is 2.88. The molecule has 3 heteroatoms. The van der Waals surface area contributed by atoms with Gasteiger partial charge in [-0.1, -0.05) is 42.5 Å². The second-order valence-electron chi connectivity index (χ2n) is 4.02. The summed E-state index contributed by atoms with van der Waals surface area (Å²) in [5, 5.41) is 3.41. The van der Waals surface area contributed by atoms with Crippen LogP contribution in [0.25, 0.3) is 0 Å². The standard InChI is InChI=1S/C14H12BrNO/c15-12-8-4-7-11-9-17-14(16-13(11)12)10-5-2-1-3-6-10/h1-8,14,16H,9H2. The van der Waals surface area contributed by atoms with E-state index in [1.54, 1.807) is 0 Å². The van der Waals surface area contributed by atoms with Crippen molar-refractivity contribution in [2.45, 2.75) is 12.8 Å². The van der Waals surface area contributed by atoms with Crippen LogP contribution in [-0.2, 0) is 11.3 Å². The lowest BCUT2D eigenvalue weighted by Crippen LogP contribution is -2.20. The van der Waals surface area contributed by atoms with Crippen LogP contribution < -0.4 is 5.32 Å². The normalized spacial score (nSPS) is 18.3. The summed E-state index contributed by atoms with van der Waals surface area (Å²) in [5.74, 6) is 0. The molecule has 1 unspecified atom stereocenters. The number of rotatable bonds is 1. The quantitative estimate of drug-likeness (QED) is 0.854. The lowest BCUT2D eigenvalue weighted by atomic mass is 10.1. The number of benzene rings is 2. The van der Waals surface area contributed by atoms with E-state index in [1.807, 2.05) is 30.3 Å². The largest absolute Gasteiger partial charge is 0.355 e. The molecular weight excluding hydrogens is 278 g/mol. The Balaban J connectivity index is 1.93. The van der Waals surface area contributed by atoms with Gasteiger partial charge >= 0.3 is 0 Å². The Morgan fingerprint density at radius 2 is 1.88 bits per heavy atom. The molecule has 0 aromatic heterocycles. The summed E-state index contributed by atoms with van der Waals surface area (Å²) in [5.41, 5.74) is 3.47. The summed E-state index contributed by atoms with van der Waals surface area (Å²) in [6.45, 7) is 0.640. The number of hydrogen-bond donors (Lipinski definition) is 1. The third kappa shape index (κ3) is 2.08. The average molecular weight is 290 g/mol. The Morgan fingerprint density at radius 1 is 1.06 bits per heavy atom. The predicted molar refractivity (Wildman–Crippen MR) is 71.7 cm³/mol. The molecule has 1 N–H and O–H groups in total. The Hall–Kier alpha value is -1.32. The molecule has 1 atom stereocenters. The maximum atomic E-state index is 5.81. The molecule has 2 aromatic rings. The fraction of sp³-hybridized carbons (Fsp3) is 0.143. The molecule has 0 amide bonds. The first kappa shape index (κ1) is 10.8. The minimum absolute atomic E-state index is 0.0672.